The molecule has 7 nitrogen and oxygen atoms in total. The highest BCUT2D eigenvalue weighted by Crippen LogP contribution is 2.37. The Labute approximate surface area is 193 Å². The molecule has 1 atom stereocenters. The van der Waals surface area contributed by atoms with Gasteiger partial charge < -0.3 is 14.7 Å². The monoisotopic (exact) mass is 450 g/mol. The van der Waals surface area contributed by atoms with Crippen LogP contribution in [0.4, 0.5) is 0 Å². The van der Waals surface area contributed by atoms with Gasteiger partial charge in [0.1, 0.15) is 11.5 Å². The third kappa shape index (κ3) is 4.98. The molecule has 0 aliphatic heterocycles. The van der Waals surface area contributed by atoms with Crippen LogP contribution in [0.1, 0.15) is 72.8 Å². The smallest absolute Gasteiger partial charge is 0.168 e. The summed E-state index contributed by atoms with van der Waals surface area (Å²) < 4.78 is 5.52. The number of benzene rings is 1. The van der Waals surface area contributed by atoms with Gasteiger partial charge >= 0.3 is 0 Å². The van der Waals surface area contributed by atoms with Gasteiger partial charge in [0.2, 0.25) is 0 Å². The maximum atomic E-state index is 12.9. The fourth-order valence-electron chi connectivity index (χ4n) is 4.87. The van der Waals surface area contributed by atoms with Gasteiger partial charge in [0.05, 0.1) is 30.0 Å². The molecular formula is C26H30N2O5. The molecule has 174 valence electrons. The lowest BCUT2D eigenvalue weighted by atomic mass is 9.73. The van der Waals surface area contributed by atoms with Crippen molar-refractivity contribution in [2.45, 2.75) is 58.3 Å². The summed E-state index contributed by atoms with van der Waals surface area (Å²) in [6, 6.07) is 9.91. The van der Waals surface area contributed by atoms with Crippen molar-refractivity contribution in [3.8, 4) is 0 Å². The lowest BCUT2D eigenvalue weighted by molar-refractivity contribution is -0.117. The summed E-state index contributed by atoms with van der Waals surface area (Å²) in [5, 5.41) is 24.1. The standard InChI is InChI=1S/C26H30N2O5/c1-26(2)14-19(27-10-11-29)24(22(32)15-26)20(30)9-8-18-25-21(31)12-17(13-23(25)33-28-18)16-6-4-3-5-7-16/h3-7,17,29-30H,8-15H2,1-2H3/b24-20-,27-19?. The van der Waals surface area contributed by atoms with Crippen LogP contribution in [0, 0.1) is 5.41 Å². The summed E-state index contributed by atoms with van der Waals surface area (Å²) in [5.74, 6) is 0.451. The van der Waals surface area contributed by atoms with E-state index in [9.17, 15) is 14.7 Å². The predicted octanol–water partition coefficient (Wildman–Crippen LogP) is 4.15. The summed E-state index contributed by atoms with van der Waals surface area (Å²) in [6.45, 7) is 4.04. The van der Waals surface area contributed by atoms with Gasteiger partial charge in [-0.3, -0.25) is 14.6 Å². The molecule has 0 bridgehead atoms. The minimum Gasteiger partial charge on any atom is -0.511 e. The van der Waals surface area contributed by atoms with Crippen LogP contribution < -0.4 is 0 Å². The van der Waals surface area contributed by atoms with E-state index in [1.807, 2.05) is 44.2 Å². The molecule has 2 N–H and O–H groups in total. The fraction of sp³-hybridized carbons (Fsp3) is 0.462. The predicted molar refractivity (Wildman–Crippen MR) is 124 cm³/mol. The van der Waals surface area contributed by atoms with Crippen LogP contribution >= 0.6 is 0 Å². The second-order valence-corrected chi connectivity index (χ2v) is 9.68. The maximum Gasteiger partial charge on any atom is 0.168 e. The average Bonchev–Trinajstić information content (AvgIpc) is 3.19. The van der Waals surface area contributed by atoms with Crippen molar-refractivity contribution in [3.63, 3.8) is 0 Å². The molecule has 33 heavy (non-hydrogen) atoms. The Morgan fingerprint density at radius 2 is 1.91 bits per heavy atom. The highest BCUT2D eigenvalue weighted by molar-refractivity contribution is 6.24. The van der Waals surface area contributed by atoms with Crippen molar-refractivity contribution < 1.29 is 24.3 Å². The van der Waals surface area contributed by atoms with Crippen molar-refractivity contribution in [2.24, 2.45) is 10.4 Å². The van der Waals surface area contributed by atoms with E-state index in [2.05, 4.69) is 10.1 Å². The average molecular weight is 451 g/mol. The minimum atomic E-state index is -0.248. The van der Waals surface area contributed by atoms with Crippen molar-refractivity contribution in [1.29, 1.82) is 0 Å². The number of fused-ring (bicyclic) bond motifs is 1. The molecule has 0 saturated heterocycles. The number of carbonyl (C=O) groups is 2. The van der Waals surface area contributed by atoms with E-state index < -0.39 is 0 Å². The van der Waals surface area contributed by atoms with E-state index in [0.29, 0.717) is 54.8 Å². The van der Waals surface area contributed by atoms with Crippen LogP contribution in [-0.4, -0.2) is 45.8 Å². The molecule has 1 heterocycles. The summed E-state index contributed by atoms with van der Waals surface area (Å²) in [6.07, 6.45) is 2.33. The number of allylic oxidation sites excluding steroid dienone is 2. The van der Waals surface area contributed by atoms with Gasteiger partial charge in [0.25, 0.3) is 0 Å². The van der Waals surface area contributed by atoms with Crippen molar-refractivity contribution >= 4 is 17.3 Å². The van der Waals surface area contributed by atoms with Crippen LogP contribution in [-0.2, 0) is 17.6 Å². The van der Waals surface area contributed by atoms with Crippen molar-refractivity contribution in [3.05, 3.63) is 64.2 Å². The van der Waals surface area contributed by atoms with Crippen LogP contribution in [0.2, 0.25) is 0 Å². The highest BCUT2D eigenvalue weighted by Gasteiger charge is 2.37. The fourth-order valence-corrected chi connectivity index (χ4v) is 4.87. The Kier molecular flexibility index (Phi) is 6.61. The van der Waals surface area contributed by atoms with E-state index in [-0.39, 0.29) is 53.8 Å². The zero-order chi connectivity index (χ0) is 23.6. The Morgan fingerprint density at radius 3 is 2.64 bits per heavy atom. The van der Waals surface area contributed by atoms with Gasteiger partial charge in [-0.2, -0.15) is 0 Å². The molecule has 2 aromatic rings. The van der Waals surface area contributed by atoms with Gasteiger partial charge in [-0.1, -0.05) is 49.3 Å². The number of aliphatic hydroxyl groups is 2. The number of rotatable bonds is 6. The summed E-state index contributed by atoms with van der Waals surface area (Å²) in [7, 11) is 0. The van der Waals surface area contributed by atoms with E-state index in [1.165, 1.54) is 0 Å². The van der Waals surface area contributed by atoms with Gasteiger partial charge in [0, 0.05) is 37.8 Å². The second-order valence-electron chi connectivity index (χ2n) is 9.68. The van der Waals surface area contributed by atoms with Gasteiger partial charge in [0.15, 0.2) is 11.6 Å². The second kappa shape index (κ2) is 9.43. The minimum absolute atomic E-state index is 0.00538. The van der Waals surface area contributed by atoms with Crippen LogP contribution in [0.15, 0.2) is 51.2 Å². The first-order valence-electron chi connectivity index (χ1n) is 11.4. The molecule has 4 rings (SSSR count). The Morgan fingerprint density at radius 1 is 1.15 bits per heavy atom. The van der Waals surface area contributed by atoms with Gasteiger partial charge in [-0.05, 0) is 23.3 Å². The lowest BCUT2D eigenvalue weighted by Gasteiger charge is -2.31. The Hall–Kier alpha value is -3.06. The maximum absolute atomic E-state index is 12.9. The number of aliphatic imine (C=N–C) groups is 1. The SMILES string of the molecule is CC1(C)CC(=O)/C(=C(\O)CCc2noc3c2C(=O)CC(c2ccccc2)C3)C(=NCCO)C1. The largest absolute Gasteiger partial charge is 0.511 e. The van der Waals surface area contributed by atoms with Gasteiger partial charge in [-0.15, -0.1) is 0 Å². The third-order valence-corrected chi connectivity index (χ3v) is 6.39. The van der Waals surface area contributed by atoms with E-state index in [4.69, 9.17) is 9.63 Å². The van der Waals surface area contributed by atoms with E-state index >= 15 is 0 Å². The van der Waals surface area contributed by atoms with Crippen molar-refractivity contribution in [2.75, 3.05) is 13.2 Å². The molecule has 1 aromatic heterocycles. The molecule has 1 fully saturated rings. The molecule has 2 aliphatic carbocycles. The molecule has 1 saturated carbocycles. The quantitative estimate of drug-likeness (QED) is 0.505. The molecular weight excluding hydrogens is 420 g/mol. The molecule has 0 amide bonds. The first kappa shape index (κ1) is 23.1. The van der Waals surface area contributed by atoms with E-state index in [0.717, 1.165) is 5.56 Å². The van der Waals surface area contributed by atoms with Crippen LogP contribution in [0.25, 0.3) is 0 Å². The van der Waals surface area contributed by atoms with E-state index in [1.54, 1.807) is 0 Å². The number of aryl methyl sites for hydroxylation is 1. The number of aliphatic hydroxyl groups excluding tert-OH is 2. The van der Waals surface area contributed by atoms with Gasteiger partial charge in [-0.25, -0.2) is 0 Å². The molecule has 0 radical (unpaired) electrons. The molecule has 1 aromatic carbocycles. The normalized spacial score (nSPS) is 23.0. The molecule has 2 aliphatic rings. The number of hydrogen-bond donors (Lipinski definition) is 2. The number of ketones is 2. The van der Waals surface area contributed by atoms with Crippen LogP contribution in [0.3, 0.4) is 0 Å². The number of nitrogens with zero attached hydrogens (tertiary/aromatic N) is 2. The zero-order valence-electron chi connectivity index (χ0n) is 19.1. The third-order valence-electron chi connectivity index (χ3n) is 6.39. The first-order valence-corrected chi connectivity index (χ1v) is 11.4. The summed E-state index contributed by atoms with van der Waals surface area (Å²) >= 11 is 0. The Balaban J connectivity index is 1.53. The topological polar surface area (TPSA) is 113 Å². The molecule has 7 heteroatoms. The van der Waals surface area contributed by atoms with Crippen LogP contribution in [0.5, 0.6) is 0 Å². The number of hydrogen-bond acceptors (Lipinski definition) is 7. The zero-order valence-corrected chi connectivity index (χ0v) is 19.1. The Bertz CT molecular complexity index is 1110. The molecule has 0 spiro atoms. The highest BCUT2D eigenvalue weighted by atomic mass is 16.5. The van der Waals surface area contributed by atoms with Crippen molar-refractivity contribution in [1.82, 2.24) is 5.16 Å². The number of aromatic nitrogens is 1. The number of carbonyl (C=O) groups excluding carboxylic acids is 2. The number of Topliss-reactive ketones (excluding diaryl/α,β-unsaturated/α-hetero) is 2. The first-order chi connectivity index (χ1) is 15.8. The summed E-state index contributed by atoms with van der Waals surface area (Å²) in [4.78, 5) is 30.1. The lowest BCUT2D eigenvalue weighted by Crippen LogP contribution is -2.33. The molecule has 1 unspecified atom stereocenters. The summed E-state index contributed by atoms with van der Waals surface area (Å²) in [5.41, 5.74) is 2.67.